The third kappa shape index (κ3) is 4.17. The Labute approximate surface area is 152 Å². The maximum Gasteiger partial charge on any atom is 0.339 e. The largest absolute Gasteiger partial charge is 0.452 e. The van der Waals surface area contributed by atoms with E-state index in [1.165, 1.54) is 19.0 Å². The van der Waals surface area contributed by atoms with Crippen molar-refractivity contribution in [1.29, 1.82) is 0 Å². The molecule has 7 nitrogen and oxygen atoms in total. The van der Waals surface area contributed by atoms with Crippen molar-refractivity contribution in [2.75, 3.05) is 27.2 Å². The van der Waals surface area contributed by atoms with Gasteiger partial charge in [0, 0.05) is 25.2 Å². The maximum absolute atomic E-state index is 12.7. The third-order valence-electron chi connectivity index (χ3n) is 4.19. The number of pyridine rings is 1. The van der Waals surface area contributed by atoms with Crippen LogP contribution in [0.25, 0.3) is 10.9 Å². The number of hydrogen-bond acceptors (Lipinski definition) is 5. The van der Waals surface area contributed by atoms with Gasteiger partial charge in [0.25, 0.3) is 5.91 Å². The molecule has 0 bridgehead atoms. The Kier molecular flexibility index (Phi) is 6.27. The number of aromatic nitrogens is 1. The maximum atomic E-state index is 12.7. The minimum Gasteiger partial charge on any atom is -0.452 e. The molecule has 0 unspecified atom stereocenters. The number of amides is 2. The minimum atomic E-state index is -0.572. The molecule has 0 saturated carbocycles. The van der Waals surface area contributed by atoms with E-state index < -0.39 is 18.5 Å². The lowest BCUT2D eigenvalue weighted by Crippen LogP contribution is -2.39. The summed E-state index contributed by atoms with van der Waals surface area (Å²) in [5.74, 6) is -1.32. The van der Waals surface area contributed by atoms with Crippen molar-refractivity contribution in [2.45, 2.75) is 20.3 Å². The highest BCUT2D eigenvalue weighted by Crippen LogP contribution is 2.24. The average molecular weight is 357 g/mol. The predicted octanol–water partition coefficient (Wildman–Crippen LogP) is 1.47. The molecule has 2 rings (SSSR count). The summed E-state index contributed by atoms with van der Waals surface area (Å²) in [4.78, 5) is 41.8. The van der Waals surface area contributed by atoms with Gasteiger partial charge in [0.05, 0.1) is 17.6 Å². The number of esters is 1. The number of benzene rings is 1. The molecule has 2 aromatic rings. The molecule has 2 amide bonds. The van der Waals surface area contributed by atoms with Crippen molar-refractivity contribution in [3.05, 3.63) is 41.1 Å². The zero-order valence-corrected chi connectivity index (χ0v) is 15.5. The van der Waals surface area contributed by atoms with Crippen LogP contribution in [-0.2, 0) is 20.7 Å². The standard InChI is InChI=1S/C19H23N3O4/c1-5-14-12(2)18(13-8-6-7-9-15(13)21-14)19(25)26-11-17(24)22(4)10-16(23)20-3/h6-9H,5,10-11H2,1-4H3,(H,20,23). The summed E-state index contributed by atoms with van der Waals surface area (Å²) < 4.78 is 5.23. The first kappa shape index (κ1) is 19.4. The predicted molar refractivity (Wildman–Crippen MR) is 97.8 cm³/mol. The van der Waals surface area contributed by atoms with Gasteiger partial charge < -0.3 is 15.0 Å². The number of nitrogens with one attached hydrogen (secondary N) is 1. The van der Waals surface area contributed by atoms with Crippen LogP contribution in [0.3, 0.4) is 0 Å². The first-order valence-corrected chi connectivity index (χ1v) is 8.38. The van der Waals surface area contributed by atoms with Crippen LogP contribution in [0.1, 0.15) is 28.5 Å². The molecule has 0 spiro atoms. The van der Waals surface area contributed by atoms with Crippen LogP contribution in [0.2, 0.25) is 0 Å². The van der Waals surface area contributed by atoms with Gasteiger partial charge in [-0.15, -0.1) is 0 Å². The highest BCUT2D eigenvalue weighted by Gasteiger charge is 2.20. The van der Waals surface area contributed by atoms with Crippen LogP contribution in [0, 0.1) is 6.92 Å². The number of para-hydroxylation sites is 1. The van der Waals surface area contributed by atoms with Crippen LogP contribution >= 0.6 is 0 Å². The van der Waals surface area contributed by atoms with Crippen molar-refractivity contribution < 1.29 is 19.1 Å². The summed E-state index contributed by atoms with van der Waals surface area (Å²) in [6, 6.07) is 7.34. The topological polar surface area (TPSA) is 88.6 Å². The smallest absolute Gasteiger partial charge is 0.339 e. The zero-order chi connectivity index (χ0) is 19.3. The fraction of sp³-hybridized carbons (Fsp3) is 0.368. The molecule has 0 aliphatic heterocycles. The number of aryl methyl sites for hydroxylation is 1. The van der Waals surface area contributed by atoms with Gasteiger partial charge in [-0.05, 0) is 25.0 Å². The quantitative estimate of drug-likeness (QED) is 0.791. The number of carbonyl (C=O) groups excluding carboxylic acids is 3. The van der Waals surface area contributed by atoms with Gasteiger partial charge in [-0.3, -0.25) is 14.6 Å². The fourth-order valence-corrected chi connectivity index (χ4v) is 2.66. The highest BCUT2D eigenvalue weighted by molar-refractivity contribution is 6.05. The first-order chi connectivity index (χ1) is 12.4. The molecule has 0 atom stereocenters. The fourth-order valence-electron chi connectivity index (χ4n) is 2.66. The Morgan fingerprint density at radius 2 is 1.92 bits per heavy atom. The second-order valence-electron chi connectivity index (χ2n) is 5.93. The molecule has 0 aliphatic carbocycles. The SMILES string of the molecule is CCc1nc2ccccc2c(C(=O)OCC(=O)N(C)CC(=O)NC)c1C. The number of fused-ring (bicyclic) bond motifs is 1. The third-order valence-corrected chi connectivity index (χ3v) is 4.19. The van der Waals surface area contributed by atoms with Gasteiger partial charge >= 0.3 is 5.97 Å². The molecule has 1 aromatic heterocycles. The lowest BCUT2D eigenvalue weighted by Gasteiger charge is -2.17. The van der Waals surface area contributed by atoms with Gasteiger partial charge in [0.15, 0.2) is 6.61 Å². The average Bonchev–Trinajstić information content (AvgIpc) is 2.64. The van der Waals surface area contributed by atoms with E-state index in [0.29, 0.717) is 22.9 Å². The Morgan fingerprint density at radius 3 is 2.58 bits per heavy atom. The highest BCUT2D eigenvalue weighted by atomic mass is 16.5. The monoisotopic (exact) mass is 357 g/mol. The summed E-state index contributed by atoms with van der Waals surface area (Å²) in [5.41, 5.74) is 2.71. The van der Waals surface area contributed by atoms with Crippen molar-refractivity contribution in [3.8, 4) is 0 Å². The van der Waals surface area contributed by atoms with Gasteiger partial charge in [0.2, 0.25) is 5.91 Å². The van der Waals surface area contributed by atoms with Gasteiger partial charge in [0.1, 0.15) is 0 Å². The second kappa shape index (κ2) is 8.42. The molecule has 7 heteroatoms. The summed E-state index contributed by atoms with van der Waals surface area (Å²) in [5, 5.41) is 3.13. The number of hydrogen-bond donors (Lipinski definition) is 1. The molecule has 0 aliphatic rings. The number of ether oxygens (including phenoxy) is 1. The van der Waals surface area contributed by atoms with E-state index in [-0.39, 0.29) is 12.5 Å². The summed E-state index contributed by atoms with van der Waals surface area (Å²) in [6.07, 6.45) is 0.685. The molecular weight excluding hydrogens is 334 g/mol. The van der Waals surface area contributed by atoms with E-state index in [9.17, 15) is 14.4 Å². The number of rotatable bonds is 6. The van der Waals surface area contributed by atoms with Crippen LogP contribution in [0.4, 0.5) is 0 Å². The zero-order valence-electron chi connectivity index (χ0n) is 15.5. The van der Waals surface area contributed by atoms with E-state index in [1.807, 2.05) is 38.1 Å². The van der Waals surface area contributed by atoms with Gasteiger partial charge in [-0.1, -0.05) is 25.1 Å². The van der Waals surface area contributed by atoms with Gasteiger partial charge in [-0.2, -0.15) is 0 Å². The minimum absolute atomic E-state index is 0.0932. The molecule has 138 valence electrons. The Morgan fingerprint density at radius 1 is 1.23 bits per heavy atom. The van der Waals surface area contributed by atoms with E-state index in [2.05, 4.69) is 10.3 Å². The Bertz CT molecular complexity index is 848. The molecule has 0 radical (unpaired) electrons. The van der Waals surface area contributed by atoms with Crippen LogP contribution in [-0.4, -0.2) is 54.9 Å². The molecule has 1 heterocycles. The van der Waals surface area contributed by atoms with Crippen molar-refractivity contribution in [3.63, 3.8) is 0 Å². The van der Waals surface area contributed by atoms with E-state index in [0.717, 1.165) is 11.3 Å². The lowest BCUT2D eigenvalue weighted by molar-refractivity contribution is -0.137. The first-order valence-electron chi connectivity index (χ1n) is 8.38. The van der Waals surface area contributed by atoms with E-state index >= 15 is 0 Å². The van der Waals surface area contributed by atoms with Crippen LogP contribution < -0.4 is 5.32 Å². The molecule has 26 heavy (non-hydrogen) atoms. The molecular formula is C19H23N3O4. The Balaban J connectivity index is 2.21. The van der Waals surface area contributed by atoms with Crippen molar-refractivity contribution >= 4 is 28.7 Å². The molecule has 0 fully saturated rings. The number of carbonyl (C=O) groups is 3. The van der Waals surface area contributed by atoms with Crippen LogP contribution in [0.5, 0.6) is 0 Å². The molecule has 0 saturated heterocycles. The normalized spacial score (nSPS) is 10.5. The number of nitrogens with zero attached hydrogens (tertiary/aromatic N) is 2. The van der Waals surface area contributed by atoms with E-state index in [4.69, 9.17) is 4.74 Å². The molecule has 1 N–H and O–H groups in total. The summed E-state index contributed by atoms with van der Waals surface area (Å²) in [6.45, 7) is 3.28. The summed E-state index contributed by atoms with van der Waals surface area (Å²) >= 11 is 0. The summed E-state index contributed by atoms with van der Waals surface area (Å²) in [7, 11) is 2.97. The van der Waals surface area contributed by atoms with Crippen molar-refractivity contribution in [2.24, 2.45) is 0 Å². The second-order valence-corrected chi connectivity index (χ2v) is 5.93. The van der Waals surface area contributed by atoms with Crippen LogP contribution in [0.15, 0.2) is 24.3 Å². The van der Waals surface area contributed by atoms with E-state index in [1.54, 1.807) is 0 Å². The lowest BCUT2D eigenvalue weighted by atomic mass is 10.0. The van der Waals surface area contributed by atoms with Gasteiger partial charge in [-0.25, -0.2) is 4.79 Å². The number of likely N-dealkylation sites (N-methyl/N-ethyl adjacent to an activating group) is 2. The van der Waals surface area contributed by atoms with Crippen molar-refractivity contribution in [1.82, 2.24) is 15.2 Å². The molecule has 1 aromatic carbocycles. The Hall–Kier alpha value is -2.96.